The lowest BCUT2D eigenvalue weighted by Gasteiger charge is -2.08. The van der Waals surface area contributed by atoms with Gasteiger partial charge in [-0.05, 0) is 19.1 Å². The molecule has 0 amide bonds. The van der Waals surface area contributed by atoms with Crippen molar-refractivity contribution in [2.75, 3.05) is 6.61 Å². The summed E-state index contributed by atoms with van der Waals surface area (Å²) in [5.74, 6) is 0.628. The van der Waals surface area contributed by atoms with Gasteiger partial charge in [-0.2, -0.15) is 18.3 Å². The maximum atomic E-state index is 12.8. The molecule has 0 aliphatic rings. The molecule has 0 spiro atoms. The summed E-state index contributed by atoms with van der Waals surface area (Å²) in [5.41, 5.74) is -0.866. The third-order valence-corrected chi connectivity index (χ3v) is 3.05. The molecule has 0 fully saturated rings. The molecule has 0 saturated heterocycles. The van der Waals surface area contributed by atoms with Gasteiger partial charge in [0.05, 0.1) is 18.8 Å². The van der Waals surface area contributed by atoms with Gasteiger partial charge in [0, 0.05) is 5.56 Å². The predicted molar refractivity (Wildman–Crippen MR) is 69.8 cm³/mol. The van der Waals surface area contributed by atoms with Crippen LogP contribution in [0.25, 0.3) is 0 Å². The number of para-hydroxylation sites is 1. The van der Waals surface area contributed by atoms with Crippen LogP contribution in [0.2, 0.25) is 0 Å². The predicted octanol–water partition coefficient (Wildman–Crippen LogP) is 2.78. The number of aliphatic hydroxyl groups is 1. The molecule has 0 radical (unpaired) electrons. The van der Waals surface area contributed by atoms with E-state index in [9.17, 15) is 18.3 Å². The fraction of sp³-hybridized carbons (Fsp3) is 0.357. The van der Waals surface area contributed by atoms with Crippen LogP contribution in [0.5, 0.6) is 5.75 Å². The van der Waals surface area contributed by atoms with Crippen LogP contribution in [0, 0.1) is 6.92 Å². The summed E-state index contributed by atoms with van der Waals surface area (Å²) < 4.78 is 44.9. The van der Waals surface area contributed by atoms with Crippen LogP contribution in [0.4, 0.5) is 13.2 Å². The van der Waals surface area contributed by atoms with Crippen molar-refractivity contribution in [3.05, 3.63) is 47.3 Å². The first kappa shape index (κ1) is 15.4. The van der Waals surface area contributed by atoms with Crippen LogP contribution >= 0.6 is 0 Å². The van der Waals surface area contributed by atoms with Crippen LogP contribution in [-0.4, -0.2) is 21.5 Å². The van der Waals surface area contributed by atoms with Gasteiger partial charge >= 0.3 is 6.18 Å². The molecule has 1 N–H and O–H groups in total. The molecular formula is C14H15F3N2O2. The highest BCUT2D eigenvalue weighted by Gasteiger charge is 2.37. The SMILES string of the molecule is Cc1c(C(F)(F)F)nn(CCOc2ccccc2)c1CO. The highest BCUT2D eigenvalue weighted by atomic mass is 19.4. The molecule has 1 aromatic carbocycles. The Bertz CT molecular complexity index is 594. The molecule has 21 heavy (non-hydrogen) atoms. The van der Waals surface area contributed by atoms with E-state index in [-0.39, 0.29) is 24.4 Å². The maximum absolute atomic E-state index is 12.8. The number of hydrogen-bond donors (Lipinski definition) is 1. The molecular weight excluding hydrogens is 285 g/mol. The summed E-state index contributed by atoms with van der Waals surface area (Å²) in [7, 11) is 0. The Morgan fingerprint density at radius 1 is 1.24 bits per heavy atom. The fourth-order valence-electron chi connectivity index (χ4n) is 2.01. The number of aromatic nitrogens is 2. The van der Waals surface area contributed by atoms with Gasteiger partial charge in [0.25, 0.3) is 0 Å². The van der Waals surface area contributed by atoms with Gasteiger partial charge in [0.1, 0.15) is 12.4 Å². The van der Waals surface area contributed by atoms with E-state index in [1.807, 2.05) is 6.07 Å². The Hall–Kier alpha value is -2.02. The van der Waals surface area contributed by atoms with Crippen molar-refractivity contribution in [3.63, 3.8) is 0 Å². The molecule has 0 saturated carbocycles. The number of ether oxygens (including phenoxy) is 1. The lowest BCUT2D eigenvalue weighted by molar-refractivity contribution is -0.142. The van der Waals surface area contributed by atoms with Gasteiger partial charge in [0.15, 0.2) is 5.69 Å². The van der Waals surface area contributed by atoms with Crippen LogP contribution in [0.3, 0.4) is 0 Å². The number of aliphatic hydroxyl groups excluding tert-OH is 1. The molecule has 0 aliphatic carbocycles. The zero-order chi connectivity index (χ0) is 15.5. The monoisotopic (exact) mass is 300 g/mol. The molecule has 114 valence electrons. The minimum absolute atomic E-state index is 0.0512. The topological polar surface area (TPSA) is 47.3 Å². The summed E-state index contributed by atoms with van der Waals surface area (Å²) in [6, 6.07) is 8.94. The maximum Gasteiger partial charge on any atom is 0.435 e. The first-order valence-electron chi connectivity index (χ1n) is 6.35. The standard InChI is InChI=1S/C14H15F3N2O2/c1-10-12(9-20)19(18-13(10)14(15,16)17)7-8-21-11-5-3-2-4-6-11/h2-6,20H,7-9H2,1H3. The molecule has 7 heteroatoms. The van der Waals surface area contributed by atoms with Gasteiger partial charge in [-0.15, -0.1) is 0 Å². The Labute approximate surface area is 119 Å². The second kappa shape index (κ2) is 6.17. The summed E-state index contributed by atoms with van der Waals surface area (Å²) in [6.45, 7) is 1.09. The van der Waals surface area contributed by atoms with Crippen molar-refractivity contribution in [2.24, 2.45) is 0 Å². The van der Waals surface area contributed by atoms with Crippen molar-refractivity contribution in [1.29, 1.82) is 0 Å². The van der Waals surface area contributed by atoms with E-state index in [1.165, 1.54) is 6.92 Å². The third-order valence-electron chi connectivity index (χ3n) is 3.05. The molecule has 1 aromatic heterocycles. The Morgan fingerprint density at radius 3 is 2.48 bits per heavy atom. The van der Waals surface area contributed by atoms with Crippen LogP contribution in [0.1, 0.15) is 17.0 Å². The number of rotatable bonds is 5. The number of alkyl halides is 3. The normalized spacial score (nSPS) is 11.7. The molecule has 0 aliphatic heterocycles. The highest BCUT2D eigenvalue weighted by molar-refractivity contribution is 5.26. The highest BCUT2D eigenvalue weighted by Crippen LogP contribution is 2.32. The van der Waals surface area contributed by atoms with Crippen molar-refractivity contribution >= 4 is 0 Å². The summed E-state index contributed by atoms with van der Waals surface area (Å²) in [4.78, 5) is 0. The van der Waals surface area contributed by atoms with Crippen LogP contribution < -0.4 is 4.74 Å². The van der Waals surface area contributed by atoms with Crippen molar-refractivity contribution in [3.8, 4) is 5.75 Å². The van der Waals surface area contributed by atoms with E-state index in [0.717, 1.165) is 4.68 Å². The van der Waals surface area contributed by atoms with E-state index in [2.05, 4.69) is 5.10 Å². The average Bonchev–Trinajstić information content (AvgIpc) is 2.76. The zero-order valence-electron chi connectivity index (χ0n) is 11.4. The zero-order valence-corrected chi connectivity index (χ0v) is 11.4. The molecule has 0 bridgehead atoms. The molecule has 1 heterocycles. The smallest absolute Gasteiger partial charge is 0.435 e. The minimum atomic E-state index is -4.53. The van der Waals surface area contributed by atoms with Gasteiger partial charge in [-0.1, -0.05) is 18.2 Å². The van der Waals surface area contributed by atoms with Gasteiger partial charge in [-0.25, -0.2) is 0 Å². The largest absolute Gasteiger partial charge is 0.492 e. The second-order valence-electron chi connectivity index (χ2n) is 4.46. The molecule has 2 rings (SSSR count). The lowest BCUT2D eigenvalue weighted by Crippen LogP contribution is -2.13. The first-order chi connectivity index (χ1) is 9.93. The minimum Gasteiger partial charge on any atom is -0.492 e. The number of nitrogens with zero attached hydrogens (tertiary/aromatic N) is 2. The van der Waals surface area contributed by atoms with Crippen molar-refractivity contribution < 1.29 is 23.0 Å². The summed E-state index contributed by atoms with van der Waals surface area (Å²) in [6.07, 6.45) is -4.53. The Balaban J connectivity index is 2.09. The molecule has 4 nitrogen and oxygen atoms in total. The molecule has 0 atom stereocenters. The van der Waals surface area contributed by atoms with E-state index in [1.54, 1.807) is 24.3 Å². The summed E-state index contributed by atoms with van der Waals surface area (Å²) >= 11 is 0. The lowest BCUT2D eigenvalue weighted by atomic mass is 10.2. The third kappa shape index (κ3) is 3.55. The van der Waals surface area contributed by atoms with E-state index in [4.69, 9.17) is 4.74 Å². The quantitative estimate of drug-likeness (QED) is 0.923. The van der Waals surface area contributed by atoms with Gasteiger partial charge in [0.2, 0.25) is 0 Å². The number of hydrogen-bond acceptors (Lipinski definition) is 3. The average molecular weight is 300 g/mol. The second-order valence-corrected chi connectivity index (χ2v) is 4.46. The van der Waals surface area contributed by atoms with E-state index < -0.39 is 18.5 Å². The molecule has 2 aromatic rings. The van der Waals surface area contributed by atoms with Gasteiger partial charge < -0.3 is 9.84 Å². The Morgan fingerprint density at radius 2 is 1.90 bits per heavy atom. The van der Waals surface area contributed by atoms with Gasteiger partial charge in [-0.3, -0.25) is 4.68 Å². The van der Waals surface area contributed by atoms with Crippen LogP contribution in [0.15, 0.2) is 30.3 Å². The summed E-state index contributed by atoms with van der Waals surface area (Å²) in [5, 5.41) is 12.8. The Kier molecular flexibility index (Phi) is 4.52. The first-order valence-corrected chi connectivity index (χ1v) is 6.35. The fourth-order valence-corrected chi connectivity index (χ4v) is 2.01. The van der Waals surface area contributed by atoms with Crippen LogP contribution in [-0.2, 0) is 19.3 Å². The van der Waals surface area contributed by atoms with Crippen molar-refractivity contribution in [2.45, 2.75) is 26.3 Å². The van der Waals surface area contributed by atoms with E-state index >= 15 is 0 Å². The molecule has 0 unspecified atom stereocenters. The van der Waals surface area contributed by atoms with E-state index in [0.29, 0.717) is 5.75 Å². The van der Waals surface area contributed by atoms with Crippen molar-refractivity contribution in [1.82, 2.24) is 9.78 Å². The number of benzene rings is 1. The number of halogens is 3.